The minimum absolute atomic E-state index is 0.103. The van der Waals surface area contributed by atoms with E-state index in [0.29, 0.717) is 12.2 Å². The van der Waals surface area contributed by atoms with Gasteiger partial charge in [-0.15, -0.1) is 0 Å². The highest BCUT2D eigenvalue weighted by atomic mass is 79.9. The number of benzene rings is 2. The molecule has 134 valence electrons. The molecule has 6 nitrogen and oxygen atoms in total. The number of nitrogens with zero attached hydrogens (tertiary/aromatic N) is 1. The predicted molar refractivity (Wildman–Crippen MR) is 101 cm³/mol. The molecular formula is C19H17BrN2O4. The summed E-state index contributed by atoms with van der Waals surface area (Å²) in [7, 11) is 1.28. The van der Waals surface area contributed by atoms with Gasteiger partial charge in [-0.3, -0.25) is 9.59 Å². The number of hydrogen-bond acceptors (Lipinski definition) is 4. The summed E-state index contributed by atoms with van der Waals surface area (Å²) < 4.78 is 5.65. The van der Waals surface area contributed by atoms with Crippen LogP contribution in [0.4, 0.5) is 11.4 Å². The van der Waals surface area contributed by atoms with Gasteiger partial charge in [0.15, 0.2) is 0 Å². The summed E-state index contributed by atoms with van der Waals surface area (Å²) in [6.45, 7) is 0.298. The molecule has 2 amide bonds. The number of para-hydroxylation sites is 1. The monoisotopic (exact) mass is 416 g/mol. The van der Waals surface area contributed by atoms with Gasteiger partial charge in [0.05, 0.1) is 24.3 Å². The minimum atomic E-state index is -0.528. The maximum atomic E-state index is 12.6. The Labute approximate surface area is 159 Å². The number of anilines is 2. The quantitative estimate of drug-likeness (QED) is 0.776. The smallest absolute Gasteiger partial charge is 0.339 e. The Morgan fingerprint density at radius 2 is 1.85 bits per heavy atom. The first kappa shape index (κ1) is 18.1. The lowest BCUT2D eigenvalue weighted by atomic mass is 10.1. The first-order valence-corrected chi connectivity index (χ1v) is 8.83. The van der Waals surface area contributed by atoms with Gasteiger partial charge < -0.3 is 15.0 Å². The molecule has 3 rings (SSSR count). The Kier molecular flexibility index (Phi) is 5.37. The number of nitrogens with one attached hydrogen (secondary N) is 1. The molecule has 7 heteroatoms. The lowest BCUT2D eigenvalue weighted by Crippen LogP contribution is -2.28. The molecule has 0 aromatic heterocycles. The van der Waals surface area contributed by atoms with Gasteiger partial charge in [0.25, 0.3) is 0 Å². The van der Waals surface area contributed by atoms with Crippen molar-refractivity contribution in [2.24, 2.45) is 5.92 Å². The SMILES string of the molecule is COC(=O)c1ccccc1NC(=O)[C@@H]1CC(=O)N(c2ccc(Br)cc2)C1. The first-order chi connectivity index (χ1) is 12.5. The van der Waals surface area contributed by atoms with Gasteiger partial charge in [0, 0.05) is 23.1 Å². The van der Waals surface area contributed by atoms with Gasteiger partial charge >= 0.3 is 5.97 Å². The number of carbonyl (C=O) groups is 3. The van der Waals surface area contributed by atoms with Crippen LogP contribution >= 0.6 is 15.9 Å². The molecule has 0 saturated carbocycles. The summed E-state index contributed by atoms with van der Waals surface area (Å²) in [6, 6.07) is 14.0. The van der Waals surface area contributed by atoms with E-state index in [9.17, 15) is 14.4 Å². The van der Waals surface area contributed by atoms with E-state index in [4.69, 9.17) is 4.74 Å². The van der Waals surface area contributed by atoms with E-state index in [-0.39, 0.29) is 23.8 Å². The van der Waals surface area contributed by atoms with E-state index >= 15 is 0 Å². The van der Waals surface area contributed by atoms with E-state index in [1.165, 1.54) is 7.11 Å². The van der Waals surface area contributed by atoms with Crippen molar-refractivity contribution < 1.29 is 19.1 Å². The molecule has 1 aliphatic heterocycles. The zero-order chi connectivity index (χ0) is 18.7. The van der Waals surface area contributed by atoms with Crippen LogP contribution in [0.3, 0.4) is 0 Å². The third-order valence-electron chi connectivity index (χ3n) is 4.22. The number of rotatable bonds is 4. The van der Waals surface area contributed by atoms with Crippen LogP contribution in [-0.4, -0.2) is 31.4 Å². The van der Waals surface area contributed by atoms with Crippen LogP contribution < -0.4 is 10.2 Å². The van der Waals surface area contributed by atoms with Crippen molar-refractivity contribution in [3.63, 3.8) is 0 Å². The normalized spacial score (nSPS) is 16.5. The number of esters is 1. The molecule has 0 bridgehead atoms. The fraction of sp³-hybridized carbons (Fsp3) is 0.211. The van der Waals surface area contributed by atoms with Crippen LogP contribution in [0.5, 0.6) is 0 Å². The highest BCUT2D eigenvalue weighted by molar-refractivity contribution is 9.10. The Morgan fingerprint density at radius 3 is 2.54 bits per heavy atom. The summed E-state index contributed by atoms with van der Waals surface area (Å²) in [5, 5.41) is 2.74. The number of methoxy groups -OCH3 is 1. The van der Waals surface area contributed by atoms with Gasteiger partial charge in [0.1, 0.15) is 0 Å². The predicted octanol–water partition coefficient (Wildman–Crippen LogP) is 3.23. The van der Waals surface area contributed by atoms with Crippen molar-refractivity contribution in [3.05, 3.63) is 58.6 Å². The average Bonchev–Trinajstić information content (AvgIpc) is 3.04. The van der Waals surface area contributed by atoms with Gasteiger partial charge in [-0.1, -0.05) is 28.1 Å². The molecule has 1 saturated heterocycles. The van der Waals surface area contributed by atoms with Crippen molar-refractivity contribution in [2.75, 3.05) is 23.9 Å². The molecule has 1 aliphatic rings. The van der Waals surface area contributed by atoms with E-state index in [0.717, 1.165) is 10.2 Å². The Morgan fingerprint density at radius 1 is 1.15 bits per heavy atom. The van der Waals surface area contributed by atoms with Crippen molar-refractivity contribution in [1.82, 2.24) is 0 Å². The number of ether oxygens (including phenoxy) is 1. The van der Waals surface area contributed by atoms with E-state index in [1.54, 1.807) is 29.2 Å². The summed E-state index contributed by atoms with van der Waals surface area (Å²) in [5.74, 6) is -1.42. The molecule has 1 fully saturated rings. The fourth-order valence-electron chi connectivity index (χ4n) is 2.87. The molecule has 1 heterocycles. The summed E-state index contributed by atoms with van der Waals surface area (Å²) in [5.41, 5.74) is 1.40. The van der Waals surface area contributed by atoms with Crippen molar-refractivity contribution >= 4 is 45.1 Å². The van der Waals surface area contributed by atoms with Gasteiger partial charge in [-0.2, -0.15) is 0 Å². The third kappa shape index (κ3) is 3.77. The molecule has 2 aromatic carbocycles. The average molecular weight is 417 g/mol. The fourth-order valence-corrected chi connectivity index (χ4v) is 3.13. The Hall–Kier alpha value is -2.67. The third-order valence-corrected chi connectivity index (χ3v) is 4.75. The number of hydrogen-bond donors (Lipinski definition) is 1. The van der Waals surface area contributed by atoms with Gasteiger partial charge in [-0.25, -0.2) is 4.79 Å². The van der Waals surface area contributed by atoms with Crippen LogP contribution in [0, 0.1) is 5.92 Å². The largest absolute Gasteiger partial charge is 0.465 e. The maximum Gasteiger partial charge on any atom is 0.339 e. The molecule has 2 aromatic rings. The zero-order valence-electron chi connectivity index (χ0n) is 14.1. The molecule has 0 radical (unpaired) electrons. The van der Waals surface area contributed by atoms with Crippen LogP contribution in [-0.2, 0) is 14.3 Å². The van der Waals surface area contributed by atoms with Crippen LogP contribution in [0.1, 0.15) is 16.8 Å². The molecule has 0 aliphatic carbocycles. The molecule has 0 unspecified atom stereocenters. The topological polar surface area (TPSA) is 75.7 Å². The summed E-state index contributed by atoms with van der Waals surface area (Å²) in [6.07, 6.45) is 0.127. The highest BCUT2D eigenvalue weighted by Gasteiger charge is 2.35. The minimum Gasteiger partial charge on any atom is -0.465 e. The number of carbonyl (C=O) groups excluding carboxylic acids is 3. The lowest BCUT2D eigenvalue weighted by Gasteiger charge is -2.17. The van der Waals surface area contributed by atoms with E-state index in [1.807, 2.05) is 24.3 Å². The van der Waals surface area contributed by atoms with Crippen molar-refractivity contribution in [1.29, 1.82) is 0 Å². The van der Waals surface area contributed by atoms with E-state index in [2.05, 4.69) is 21.2 Å². The summed E-state index contributed by atoms with van der Waals surface area (Å²) in [4.78, 5) is 38.3. The standard InChI is InChI=1S/C19H17BrN2O4/c1-26-19(25)15-4-2-3-5-16(15)21-18(24)12-10-17(23)22(11-12)14-8-6-13(20)7-9-14/h2-9,12H,10-11H2,1H3,(H,21,24)/t12-/m1/s1. The molecule has 1 N–H and O–H groups in total. The molecule has 26 heavy (non-hydrogen) atoms. The van der Waals surface area contributed by atoms with Crippen molar-refractivity contribution in [2.45, 2.75) is 6.42 Å². The lowest BCUT2D eigenvalue weighted by molar-refractivity contribution is -0.122. The van der Waals surface area contributed by atoms with Crippen LogP contribution in [0.2, 0.25) is 0 Å². The highest BCUT2D eigenvalue weighted by Crippen LogP contribution is 2.27. The van der Waals surface area contributed by atoms with E-state index < -0.39 is 11.9 Å². The van der Waals surface area contributed by atoms with Gasteiger partial charge in [0.2, 0.25) is 11.8 Å². The Bertz CT molecular complexity index is 851. The van der Waals surface area contributed by atoms with Crippen LogP contribution in [0.25, 0.3) is 0 Å². The molecule has 0 spiro atoms. The second-order valence-electron chi connectivity index (χ2n) is 5.91. The Balaban J connectivity index is 1.73. The molecule has 1 atom stereocenters. The number of halogens is 1. The second kappa shape index (κ2) is 7.70. The van der Waals surface area contributed by atoms with Crippen molar-refractivity contribution in [3.8, 4) is 0 Å². The van der Waals surface area contributed by atoms with Gasteiger partial charge in [-0.05, 0) is 36.4 Å². The maximum absolute atomic E-state index is 12.6. The summed E-state index contributed by atoms with van der Waals surface area (Å²) >= 11 is 3.36. The zero-order valence-corrected chi connectivity index (χ0v) is 15.7. The second-order valence-corrected chi connectivity index (χ2v) is 6.82. The first-order valence-electron chi connectivity index (χ1n) is 8.03. The number of amides is 2. The molecular weight excluding hydrogens is 400 g/mol. The van der Waals surface area contributed by atoms with Crippen LogP contribution in [0.15, 0.2) is 53.0 Å².